The van der Waals surface area contributed by atoms with Crippen molar-refractivity contribution in [3.63, 3.8) is 0 Å². The zero-order valence-electron chi connectivity index (χ0n) is 10.4. The molecule has 0 saturated heterocycles. The van der Waals surface area contributed by atoms with Gasteiger partial charge in [0, 0.05) is 34.3 Å². The number of thioether (sulfide) groups is 1. The molecule has 0 heterocycles. The van der Waals surface area contributed by atoms with E-state index in [1.807, 2.05) is 11.8 Å². The van der Waals surface area contributed by atoms with Gasteiger partial charge in [-0.3, -0.25) is 0 Å². The largest absolute Gasteiger partial charge is 0.396 e. The summed E-state index contributed by atoms with van der Waals surface area (Å²) in [6.07, 6.45) is 0.841. The average molecular weight is 318 g/mol. The molecule has 0 spiro atoms. The van der Waals surface area contributed by atoms with E-state index in [0.29, 0.717) is 6.04 Å². The van der Waals surface area contributed by atoms with Gasteiger partial charge in [0.1, 0.15) is 0 Å². The summed E-state index contributed by atoms with van der Waals surface area (Å²) in [4.78, 5) is 1.29. The molecule has 0 aliphatic carbocycles. The summed E-state index contributed by atoms with van der Waals surface area (Å²) >= 11 is 5.31. The van der Waals surface area contributed by atoms with Gasteiger partial charge in [-0.1, -0.05) is 35.8 Å². The lowest BCUT2D eigenvalue weighted by atomic mass is 10.2. The molecule has 0 atom stereocenters. The Kier molecular flexibility index (Phi) is 7.19. The lowest BCUT2D eigenvalue weighted by molar-refractivity contribution is 0.296. The van der Waals surface area contributed by atoms with Crippen molar-refractivity contribution in [2.45, 2.75) is 37.8 Å². The van der Waals surface area contributed by atoms with Crippen LogP contribution in [0.3, 0.4) is 0 Å². The van der Waals surface area contributed by atoms with Crippen LogP contribution in [-0.4, -0.2) is 23.5 Å². The van der Waals surface area contributed by atoms with Gasteiger partial charge in [-0.05, 0) is 24.1 Å². The fraction of sp³-hybridized carbons (Fsp3) is 0.538. The first kappa shape index (κ1) is 15.0. The van der Waals surface area contributed by atoms with Crippen LogP contribution in [0.15, 0.2) is 27.6 Å². The molecule has 0 aliphatic heterocycles. The molecule has 0 aromatic heterocycles. The molecule has 0 fully saturated rings. The molecular formula is C13H20BrNOS. The van der Waals surface area contributed by atoms with Gasteiger partial charge in [-0.15, -0.1) is 11.8 Å². The molecular weight excluding hydrogens is 298 g/mol. The van der Waals surface area contributed by atoms with Crippen molar-refractivity contribution in [1.82, 2.24) is 5.32 Å². The normalized spacial score (nSPS) is 11.1. The number of halogens is 1. The number of hydrogen-bond acceptors (Lipinski definition) is 3. The average Bonchev–Trinajstić information content (AvgIpc) is 2.28. The minimum absolute atomic E-state index is 0.264. The van der Waals surface area contributed by atoms with Crippen LogP contribution in [0.25, 0.3) is 0 Å². The van der Waals surface area contributed by atoms with Crippen molar-refractivity contribution in [3.05, 3.63) is 28.2 Å². The summed E-state index contributed by atoms with van der Waals surface area (Å²) in [6.45, 7) is 5.46. The molecule has 0 bridgehead atoms. The van der Waals surface area contributed by atoms with E-state index in [9.17, 15) is 0 Å². The standard InChI is InChI=1S/C13H20BrNOS/c1-10(2)15-9-11-4-5-12(14)8-13(11)17-7-3-6-16/h4-5,8,10,15-16H,3,6-7,9H2,1-2H3. The predicted molar refractivity (Wildman–Crippen MR) is 78.5 cm³/mol. The van der Waals surface area contributed by atoms with Crippen LogP contribution in [-0.2, 0) is 6.54 Å². The number of aliphatic hydroxyl groups excluding tert-OH is 1. The Morgan fingerprint density at radius 2 is 2.18 bits per heavy atom. The van der Waals surface area contributed by atoms with Crippen molar-refractivity contribution < 1.29 is 5.11 Å². The molecule has 1 rings (SSSR count). The van der Waals surface area contributed by atoms with Crippen LogP contribution in [0.5, 0.6) is 0 Å². The minimum Gasteiger partial charge on any atom is -0.396 e. The Balaban J connectivity index is 2.66. The molecule has 0 unspecified atom stereocenters. The smallest absolute Gasteiger partial charge is 0.0439 e. The summed E-state index contributed by atoms with van der Waals surface area (Å²) in [7, 11) is 0. The Bertz CT molecular complexity index is 344. The van der Waals surface area contributed by atoms with Crippen LogP contribution in [0, 0.1) is 0 Å². The third kappa shape index (κ3) is 5.91. The maximum absolute atomic E-state index is 8.81. The van der Waals surface area contributed by atoms with E-state index >= 15 is 0 Å². The zero-order chi connectivity index (χ0) is 12.7. The fourth-order valence-electron chi connectivity index (χ4n) is 1.37. The molecule has 0 radical (unpaired) electrons. The number of benzene rings is 1. The van der Waals surface area contributed by atoms with Gasteiger partial charge < -0.3 is 10.4 Å². The summed E-state index contributed by atoms with van der Waals surface area (Å²) in [6, 6.07) is 6.88. The molecule has 4 heteroatoms. The summed E-state index contributed by atoms with van der Waals surface area (Å²) in [5, 5.41) is 12.2. The van der Waals surface area contributed by atoms with Gasteiger partial charge in [0.2, 0.25) is 0 Å². The molecule has 2 nitrogen and oxygen atoms in total. The predicted octanol–water partition coefficient (Wildman–Crippen LogP) is 3.42. The Labute approximate surface area is 116 Å². The SMILES string of the molecule is CC(C)NCc1ccc(Br)cc1SCCCO. The minimum atomic E-state index is 0.264. The molecule has 17 heavy (non-hydrogen) atoms. The van der Waals surface area contributed by atoms with Crippen LogP contribution < -0.4 is 5.32 Å². The number of hydrogen-bond donors (Lipinski definition) is 2. The van der Waals surface area contributed by atoms with E-state index in [1.54, 1.807) is 0 Å². The van der Waals surface area contributed by atoms with Crippen molar-refractivity contribution in [2.75, 3.05) is 12.4 Å². The third-order valence-electron chi connectivity index (χ3n) is 2.29. The van der Waals surface area contributed by atoms with Gasteiger partial charge in [-0.2, -0.15) is 0 Å². The van der Waals surface area contributed by atoms with Gasteiger partial charge in [0.15, 0.2) is 0 Å². The molecule has 2 N–H and O–H groups in total. The second-order valence-electron chi connectivity index (χ2n) is 4.21. The van der Waals surface area contributed by atoms with E-state index in [2.05, 4.69) is 53.3 Å². The van der Waals surface area contributed by atoms with Crippen LogP contribution >= 0.6 is 27.7 Å². The van der Waals surface area contributed by atoms with Crippen LogP contribution in [0.1, 0.15) is 25.8 Å². The highest BCUT2D eigenvalue weighted by molar-refractivity contribution is 9.10. The maximum Gasteiger partial charge on any atom is 0.0439 e. The third-order valence-corrected chi connectivity index (χ3v) is 3.97. The maximum atomic E-state index is 8.81. The highest BCUT2D eigenvalue weighted by Crippen LogP contribution is 2.27. The monoisotopic (exact) mass is 317 g/mol. The van der Waals surface area contributed by atoms with E-state index in [1.165, 1.54) is 10.5 Å². The molecule has 0 saturated carbocycles. The Hall–Kier alpha value is -0.0300. The molecule has 0 aliphatic rings. The first-order valence-electron chi connectivity index (χ1n) is 5.89. The number of rotatable bonds is 7. The van der Waals surface area contributed by atoms with E-state index in [4.69, 9.17) is 5.11 Å². The van der Waals surface area contributed by atoms with Gasteiger partial charge in [-0.25, -0.2) is 0 Å². The summed E-state index contributed by atoms with van der Waals surface area (Å²) in [5.41, 5.74) is 1.32. The summed E-state index contributed by atoms with van der Waals surface area (Å²) in [5.74, 6) is 0.960. The fourth-order valence-corrected chi connectivity index (χ4v) is 2.91. The lowest BCUT2D eigenvalue weighted by Crippen LogP contribution is -2.22. The van der Waals surface area contributed by atoms with E-state index < -0.39 is 0 Å². The molecule has 0 amide bonds. The van der Waals surface area contributed by atoms with Crippen molar-refractivity contribution in [2.24, 2.45) is 0 Å². The Morgan fingerprint density at radius 3 is 2.82 bits per heavy atom. The molecule has 96 valence electrons. The van der Waals surface area contributed by atoms with Crippen LogP contribution in [0.4, 0.5) is 0 Å². The van der Waals surface area contributed by atoms with Gasteiger partial charge >= 0.3 is 0 Å². The number of aliphatic hydroxyl groups is 1. The second-order valence-corrected chi connectivity index (χ2v) is 6.27. The quantitative estimate of drug-likeness (QED) is 0.597. The summed E-state index contributed by atoms with van der Waals surface area (Å²) < 4.78 is 1.11. The highest BCUT2D eigenvalue weighted by atomic mass is 79.9. The molecule has 1 aromatic carbocycles. The van der Waals surface area contributed by atoms with E-state index in [-0.39, 0.29) is 6.61 Å². The van der Waals surface area contributed by atoms with Crippen LogP contribution in [0.2, 0.25) is 0 Å². The molecule has 1 aromatic rings. The Morgan fingerprint density at radius 1 is 1.41 bits per heavy atom. The van der Waals surface area contributed by atoms with Gasteiger partial charge in [0.25, 0.3) is 0 Å². The second kappa shape index (κ2) is 8.14. The van der Waals surface area contributed by atoms with Crippen molar-refractivity contribution in [3.8, 4) is 0 Å². The topological polar surface area (TPSA) is 32.3 Å². The van der Waals surface area contributed by atoms with Crippen molar-refractivity contribution in [1.29, 1.82) is 0 Å². The van der Waals surface area contributed by atoms with Crippen molar-refractivity contribution >= 4 is 27.7 Å². The first-order chi connectivity index (χ1) is 8.13. The lowest BCUT2D eigenvalue weighted by Gasteiger charge is -2.12. The first-order valence-corrected chi connectivity index (χ1v) is 7.67. The van der Waals surface area contributed by atoms with E-state index in [0.717, 1.165) is 23.2 Å². The zero-order valence-corrected chi connectivity index (χ0v) is 12.8. The highest BCUT2D eigenvalue weighted by Gasteiger charge is 2.04. The number of nitrogens with one attached hydrogen (secondary N) is 1. The van der Waals surface area contributed by atoms with Gasteiger partial charge in [0.05, 0.1) is 0 Å².